The van der Waals surface area contributed by atoms with Crippen molar-refractivity contribution in [2.75, 3.05) is 11.4 Å². The van der Waals surface area contributed by atoms with Crippen molar-refractivity contribution in [2.45, 2.75) is 38.6 Å². The SMILES string of the molecule is CCC1CCCCN1c1nc(Cl)ncc1Cl. The van der Waals surface area contributed by atoms with Crippen molar-refractivity contribution in [3.8, 4) is 0 Å². The maximum atomic E-state index is 6.13. The first kappa shape index (κ1) is 11.9. The topological polar surface area (TPSA) is 29.0 Å². The van der Waals surface area contributed by atoms with Gasteiger partial charge in [-0.1, -0.05) is 18.5 Å². The molecule has 0 spiro atoms. The summed E-state index contributed by atoms with van der Waals surface area (Å²) in [7, 11) is 0. The van der Waals surface area contributed by atoms with Crippen LogP contribution in [0, 0.1) is 0 Å². The molecule has 0 bridgehead atoms. The Kier molecular flexibility index (Phi) is 3.87. The molecule has 0 aromatic carbocycles. The molecular formula is C11H15Cl2N3. The first-order valence-corrected chi connectivity index (χ1v) is 6.42. The highest BCUT2D eigenvalue weighted by molar-refractivity contribution is 6.33. The fourth-order valence-electron chi connectivity index (χ4n) is 2.24. The number of nitrogens with zero attached hydrogens (tertiary/aromatic N) is 3. The van der Waals surface area contributed by atoms with E-state index in [4.69, 9.17) is 23.2 Å². The zero-order valence-electron chi connectivity index (χ0n) is 9.29. The normalized spacial score (nSPS) is 21.2. The molecule has 0 radical (unpaired) electrons. The summed E-state index contributed by atoms with van der Waals surface area (Å²) in [6, 6.07) is 0.525. The Hall–Kier alpha value is -0.540. The predicted octanol–water partition coefficient (Wildman–Crippen LogP) is 3.55. The molecule has 16 heavy (non-hydrogen) atoms. The fourth-order valence-corrected chi connectivity index (χ4v) is 2.57. The van der Waals surface area contributed by atoms with Crippen LogP contribution in [0.15, 0.2) is 6.20 Å². The molecule has 88 valence electrons. The van der Waals surface area contributed by atoms with Crippen LogP contribution < -0.4 is 4.90 Å². The molecule has 1 saturated heterocycles. The summed E-state index contributed by atoms with van der Waals surface area (Å²) in [5.41, 5.74) is 0. The monoisotopic (exact) mass is 259 g/mol. The quantitative estimate of drug-likeness (QED) is 0.761. The number of halogens is 2. The number of hydrogen-bond donors (Lipinski definition) is 0. The van der Waals surface area contributed by atoms with Crippen LogP contribution in [0.5, 0.6) is 0 Å². The van der Waals surface area contributed by atoms with Crippen LogP contribution in [0.1, 0.15) is 32.6 Å². The van der Waals surface area contributed by atoms with Gasteiger partial charge in [0.05, 0.1) is 6.20 Å². The van der Waals surface area contributed by atoms with Gasteiger partial charge in [0.1, 0.15) is 5.02 Å². The van der Waals surface area contributed by atoms with Crippen molar-refractivity contribution >= 4 is 29.0 Å². The first-order chi connectivity index (χ1) is 7.72. The third-order valence-corrected chi connectivity index (χ3v) is 3.52. The Balaban J connectivity index is 2.30. The van der Waals surface area contributed by atoms with Gasteiger partial charge >= 0.3 is 0 Å². The minimum Gasteiger partial charge on any atom is -0.352 e. The molecule has 3 nitrogen and oxygen atoms in total. The molecule has 5 heteroatoms. The number of piperidine rings is 1. The van der Waals surface area contributed by atoms with Crippen LogP contribution >= 0.6 is 23.2 Å². The summed E-state index contributed by atoms with van der Waals surface area (Å²) in [5.74, 6) is 0.785. The van der Waals surface area contributed by atoms with E-state index in [-0.39, 0.29) is 5.28 Å². The molecule has 0 amide bonds. The lowest BCUT2D eigenvalue weighted by molar-refractivity contribution is 0.446. The second-order valence-electron chi connectivity index (χ2n) is 4.06. The molecule has 1 fully saturated rings. The van der Waals surface area contributed by atoms with Gasteiger partial charge < -0.3 is 4.90 Å². The van der Waals surface area contributed by atoms with Crippen LogP contribution in [-0.2, 0) is 0 Å². The molecule has 2 heterocycles. The minimum atomic E-state index is 0.264. The van der Waals surface area contributed by atoms with Crippen LogP contribution in [0.2, 0.25) is 10.3 Å². The van der Waals surface area contributed by atoms with Gasteiger partial charge in [-0.15, -0.1) is 0 Å². The Morgan fingerprint density at radius 2 is 2.25 bits per heavy atom. The molecule has 1 unspecified atom stereocenters. The highest BCUT2D eigenvalue weighted by Gasteiger charge is 2.24. The molecular weight excluding hydrogens is 245 g/mol. The summed E-state index contributed by atoms with van der Waals surface area (Å²) >= 11 is 11.9. The number of anilines is 1. The van der Waals surface area contributed by atoms with Gasteiger partial charge in [0.15, 0.2) is 5.82 Å². The van der Waals surface area contributed by atoms with Gasteiger partial charge in [-0.25, -0.2) is 4.98 Å². The van der Waals surface area contributed by atoms with Gasteiger partial charge in [-0.3, -0.25) is 0 Å². The molecule has 1 aliphatic rings. The molecule has 0 aliphatic carbocycles. The maximum absolute atomic E-state index is 6.13. The lowest BCUT2D eigenvalue weighted by Gasteiger charge is -2.36. The Morgan fingerprint density at radius 3 is 3.00 bits per heavy atom. The summed E-state index contributed by atoms with van der Waals surface area (Å²) < 4.78 is 0. The van der Waals surface area contributed by atoms with E-state index in [0.29, 0.717) is 11.1 Å². The van der Waals surface area contributed by atoms with Crippen molar-refractivity contribution in [1.29, 1.82) is 0 Å². The fraction of sp³-hybridized carbons (Fsp3) is 0.636. The second-order valence-corrected chi connectivity index (χ2v) is 4.81. The third-order valence-electron chi connectivity index (χ3n) is 3.07. The summed E-state index contributed by atoms with van der Waals surface area (Å²) in [4.78, 5) is 10.4. The third kappa shape index (κ3) is 2.41. The van der Waals surface area contributed by atoms with Gasteiger partial charge in [0.25, 0.3) is 0 Å². The Labute approximate surface area is 106 Å². The van der Waals surface area contributed by atoms with Gasteiger partial charge in [-0.2, -0.15) is 4.98 Å². The van der Waals surface area contributed by atoms with Gasteiger partial charge in [0, 0.05) is 12.6 Å². The molecule has 0 saturated carbocycles. The zero-order valence-corrected chi connectivity index (χ0v) is 10.8. The van der Waals surface area contributed by atoms with Crippen LogP contribution in [-0.4, -0.2) is 22.6 Å². The van der Waals surface area contributed by atoms with Gasteiger partial charge in [-0.05, 0) is 37.3 Å². The lowest BCUT2D eigenvalue weighted by atomic mass is 10.0. The highest BCUT2D eigenvalue weighted by Crippen LogP contribution is 2.30. The molecule has 1 atom stereocenters. The maximum Gasteiger partial charge on any atom is 0.224 e. The van der Waals surface area contributed by atoms with Crippen molar-refractivity contribution in [3.05, 3.63) is 16.5 Å². The van der Waals surface area contributed by atoms with Crippen LogP contribution in [0.25, 0.3) is 0 Å². The Morgan fingerprint density at radius 1 is 1.44 bits per heavy atom. The van der Waals surface area contributed by atoms with Crippen molar-refractivity contribution in [1.82, 2.24) is 9.97 Å². The number of hydrogen-bond acceptors (Lipinski definition) is 3. The van der Waals surface area contributed by atoms with E-state index in [1.165, 1.54) is 19.3 Å². The smallest absolute Gasteiger partial charge is 0.224 e. The van der Waals surface area contributed by atoms with E-state index in [1.807, 2.05) is 0 Å². The number of rotatable bonds is 2. The van der Waals surface area contributed by atoms with Crippen LogP contribution in [0.3, 0.4) is 0 Å². The van der Waals surface area contributed by atoms with E-state index < -0.39 is 0 Å². The van der Waals surface area contributed by atoms with E-state index in [9.17, 15) is 0 Å². The van der Waals surface area contributed by atoms with Crippen molar-refractivity contribution in [2.24, 2.45) is 0 Å². The Bertz CT molecular complexity index is 370. The zero-order chi connectivity index (χ0) is 11.5. The van der Waals surface area contributed by atoms with Crippen LogP contribution in [0.4, 0.5) is 5.82 Å². The first-order valence-electron chi connectivity index (χ1n) is 5.67. The lowest BCUT2D eigenvalue weighted by Crippen LogP contribution is -2.39. The molecule has 0 N–H and O–H groups in total. The van der Waals surface area contributed by atoms with E-state index >= 15 is 0 Å². The standard InChI is InChI=1S/C11H15Cl2N3/c1-2-8-5-3-4-6-16(8)10-9(12)7-14-11(13)15-10/h7-8H,2-6H2,1H3. The second kappa shape index (κ2) is 5.19. The molecule has 1 aromatic rings. The predicted molar refractivity (Wildman–Crippen MR) is 67.3 cm³/mol. The number of aromatic nitrogens is 2. The molecule has 1 aliphatic heterocycles. The average Bonchev–Trinajstić information content (AvgIpc) is 2.32. The largest absolute Gasteiger partial charge is 0.352 e. The minimum absolute atomic E-state index is 0.264. The van der Waals surface area contributed by atoms with E-state index in [0.717, 1.165) is 18.8 Å². The van der Waals surface area contributed by atoms with E-state index in [2.05, 4.69) is 21.8 Å². The summed E-state index contributed by atoms with van der Waals surface area (Å²) in [5, 5.41) is 0.851. The summed E-state index contributed by atoms with van der Waals surface area (Å²) in [6.45, 7) is 3.20. The molecule has 2 rings (SSSR count). The van der Waals surface area contributed by atoms with Crippen molar-refractivity contribution < 1.29 is 0 Å². The average molecular weight is 260 g/mol. The highest BCUT2D eigenvalue weighted by atomic mass is 35.5. The van der Waals surface area contributed by atoms with E-state index in [1.54, 1.807) is 6.20 Å². The molecule has 1 aromatic heterocycles. The van der Waals surface area contributed by atoms with Gasteiger partial charge in [0.2, 0.25) is 5.28 Å². The van der Waals surface area contributed by atoms with Crippen molar-refractivity contribution in [3.63, 3.8) is 0 Å². The summed E-state index contributed by atoms with van der Waals surface area (Å²) in [6.07, 6.45) is 6.36.